The number of aryl methyl sites for hydroxylation is 1. The van der Waals surface area contributed by atoms with Gasteiger partial charge in [-0.25, -0.2) is 4.99 Å². The van der Waals surface area contributed by atoms with E-state index in [1.54, 1.807) is 43.8 Å². The molecule has 0 unspecified atom stereocenters. The minimum absolute atomic E-state index is 0.259. The predicted octanol–water partition coefficient (Wildman–Crippen LogP) is 4.45. The smallest absolute Gasteiger partial charge is 0.257 e. The Morgan fingerprint density at radius 2 is 2.03 bits per heavy atom. The molecule has 0 fully saturated rings. The Kier molecular flexibility index (Phi) is 6.81. The van der Waals surface area contributed by atoms with Crippen molar-refractivity contribution in [3.8, 4) is 5.75 Å². The van der Waals surface area contributed by atoms with Crippen molar-refractivity contribution in [1.29, 1.82) is 0 Å². The first-order chi connectivity index (χ1) is 14.0. The molecule has 2 aromatic carbocycles. The van der Waals surface area contributed by atoms with E-state index in [0.29, 0.717) is 34.5 Å². The molecule has 1 heterocycles. The van der Waals surface area contributed by atoms with Crippen LogP contribution in [0.1, 0.15) is 21.5 Å². The van der Waals surface area contributed by atoms with Crippen LogP contribution in [0, 0.1) is 6.92 Å². The number of rotatable bonds is 5. The summed E-state index contributed by atoms with van der Waals surface area (Å²) in [7, 11) is 1.55. The Balaban J connectivity index is 1.82. The first kappa shape index (κ1) is 20.4. The van der Waals surface area contributed by atoms with Gasteiger partial charge in [0, 0.05) is 23.6 Å². The lowest BCUT2D eigenvalue weighted by atomic mass is 10.1. The molecule has 0 saturated heterocycles. The number of halogens is 1. The first-order valence-corrected chi connectivity index (χ1v) is 9.35. The fourth-order valence-corrected chi connectivity index (χ4v) is 2.88. The van der Waals surface area contributed by atoms with Crippen LogP contribution in [-0.4, -0.2) is 24.0 Å². The summed E-state index contributed by atoms with van der Waals surface area (Å²) in [5.74, 6) is 0.613. The van der Waals surface area contributed by atoms with Crippen LogP contribution in [0.15, 0.2) is 72.0 Å². The zero-order valence-electron chi connectivity index (χ0n) is 16.1. The maximum Gasteiger partial charge on any atom is 0.257 e. The van der Waals surface area contributed by atoms with E-state index in [-0.39, 0.29) is 5.91 Å². The van der Waals surface area contributed by atoms with Gasteiger partial charge in [0.2, 0.25) is 5.96 Å². The highest BCUT2D eigenvalue weighted by Gasteiger charge is 2.11. The summed E-state index contributed by atoms with van der Waals surface area (Å²) >= 11 is 6.20. The van der Waals surface area contributed by atoms with Crippen LogP contribution in [0.2, 0.25) is 5.02 Å². The second-order valence-corrected chi connectivity index (χ2v) is 6.73. The van der Waals surface area contributed by atoms with E-state index in [0.717, 1.165) is 11.1 Å². The molecule has 0 aliphatic heterocycles. The Morgan fingerprint density at radius 1 is 1.17 bits per heavy atom. The number of carbonyl (C=O) groups excluding carboxylic acids is 1. The fraction of sp³-hybridized carbons (Fsp3) is 0.136. The monoisotopic (exact) mass is 408 g/mol. The standard InChI is InChI=1S/C22H21ClN4O2/c1-15-5-3-7-17(11-15)21(28)27-22(25-14-16-6-4-10-24-13-16)26-18-8-9-20(29-2)19(23)12-18/h3-13H,14H2,1-2H3,(H2,25,26,27,28). The third-order valence-electron chi connectivity index (χ3n) is 4.07. The topological polar surface area (TPSA) is 75.6 Å². The average molecular weight is 409 g/mol. The van der Waals surface area contributed by atoms with Crippen LogP contribution >= 0.6 is 11.6 Å². The molecule has 148 valence electrons. The number of aromatic nitrogens is 1. The zero-order chi connectivity index (χ0) is 20.6. The van der Waals surface area contributed by atoms with Crippen molar-refractivity contribution >= 4 is 29.2 Å². The van der Waals surface area contributed by atoms with Crippen LogP contribution < -0.4 is 15.4 Å². The molecule has 0 aliphatic carbocycles. The van der Waals surface area contributed by atoms with E-state index in [4.69, 9.17) is 16.3 Å². The van der Waals surface area contributed by atoms with Crippen molar-refractivity contribution < 1.29 is 9.53 Å². The number of anilines is 1. The van der Waals surface area contributed by atoms with E-state index in [1.165, 1.54) is 0 Å². The Morgan fingerprint density at radius 3 is 2.72 bits per heavy atom. The van der Waals surface area contributed by atoms with Gasteiger partial charge in [0.05, 0.1) is 18.7 Å². The molecule has 6 nitrogen and oxygen atoms in total. The molecule has 2 N–H and O–H groups in total. The summed E-state index contributed by atoms with van der Waals surface area (Å²) < 4.78 is 5.18. The molecule has 1 amide bonds. The van der Waals surface area contributed by atoms with Gasteiger partial charge in [-0.1, -0.05) is 35.4 Å². The van der Waals surface area contributed by atoms with E-state index in [1.807, 2.05) is 37.3 Å². The molecule has 0 atom stereocenters. The molecular weight excluding hydrogens is 388 g/mol. The molecule has 0 saturated carbocycles. The van der Waals surface area contributed by atoms with Crippen LogP contribution in [0.5, 0.6) is 5.75 Å². The van der Waals surface area contributed by atoms with Gasteiger partial charge in [-0.15, -0.1) is 0 Å². The lowest BCUT2D eigenvalue weighted by Crippen LogP contribution is -2.36. The van der Waals surface area contributed by atoms with Gasteiger partial charge in [-0.05, 0) is 48.9 Å². The Bertz CT molecular complexity index is 1020. The highest BCUT2D eigenvalue weighted by molar-refractivity contribution is 6.32. The predicted molar refractivity (Wildman–Crippen MR) is 116 cm³/mol. The van der Waals surface area contributed by atoms with Crippen molar-refractivity contribution in [2.45, 2.75) is 13.5 Å². The van der Waals surface area contributed by atoms with E-state index in [2.05, 4.69) is 20.6 Å². The number of pyridine rings is 1. The van der Waals surface area contributed by atoms with Gasteiger partial charge >= 0.3 is 0 Å². The lowest BCUT2D eigenvalue weighted by Gasteiger charge is -2.13. The van der Waals surface area contributed by atoms with Gasteiger partial charge in [-0.2, -0.15) is 0 Å². The second kappa shape index (κ2) is 9.71. The number of methoxy groups -OCH3 is 1. The largest absolute Gasteiger partial charge is 0.495 e. The summed E-state index contributed by atoms with van der Waals surface area (Å²) in [6.45, 7) is 2.29. The normalized spacial score (nSPS) is 11.1. The van der Waals surface area contributed by atoms with E-state index in [9.17, 15) is 4.79 Å². The number of guanidine groups is 1. The Labute approximate surface area is 174 Å². The zero-order valence-corrected chi connectivity index (χ0v) is 16.9. The van der Waals surface area contributed by atoms with Gasteiger partial charge in [0.25, 0.3) is 5.91 Å². The lowest BCUT2D eigenvalue weighted by molar-refractivity contribution is 0.0977. The summed E-state index contributed by atoms with van der Waals surface area (Å²) in [5.41, 5.74) is 3.14. The van der Waals surface area contributed by atoms with Crippen LogP contribution in [0.3, 0.4) is 0 Å². The maximum absolute atomic E-state index is 12.7. The number of hydrogen-bond acceptors (Lipinski definition) is 4. The molecule has 3 rings (SSSR count). The highest BCUT2D eigenvalue weighted by Crippen LogP contribution is 2.27. The van der Waals surface area contributed by atoms with Crippen molar-refractivity contribution in [2.75, 3.05) is 12.4 Å². The number of benzene rings is 2. The summed E-state index contributed by atoms with van der Waals surface area (Å²) in [4.78, 5) is 21.3. The van der Waals surface area contributed by atoms with Gasteiger partial charge in [0.15, 0.2) is 0 Å². The molecule has 29 heavy (non-hydrogen) atoms. The number of nitrogens with zero attached hydrogens (tertiary/aromatic N) is 2. The summed E-state index contributed by atoms with van der Waals surface area (Å²) in [5, 5.41) is 6.40. The third kappa shape index (κ3) is 5.80. The molecule has 0 radical (unpaired) electrons. The highest BCUT2D eigenvalue weighted by atomic mass is 35.5. The van der Waals surface area contributed by atoms with E-state index >= 15 is 0 Å². The minimum Gasteiger partial charge on any atom is -0.495 e. The SMILES string of the molecule is COc1ccc(NC(=NCc2cccnc2)NC(=O)c2cccc(C)c2)cc1Cl. The molecule has 0 spiro atoms. The first-order valence-electron chi connectivity index (χ1n) is 8.97. The molecular formula is C22H21ClN4O2. The average Bonchev–Trinajstić information content (AvgIpc) is 2.73. The van der Waals surface area contributed by atoms with Crippen molar-refractivity contribution in [3.63, 3.8) is 0 Å². The number of nitrogens with one attached hydrogen (secondary N) is 2. The maximum atomic E-state index is 12.7. The van der Waals surface area contributed by atoms with Crippen LogP contribution in [-0.2, 0) is 6.54 Å². The molecule has 0 bridgehead atoms. The van der Waals surface area contributed by atoms with Gasteiger partial charge < -0.3 is 10.1 Å². The van der Waals surface area contributed by atoms with Crippen LogP contribution in [0.4, 0.5) is 5.69 Å². The molecule has 0 aliphatic rings. The number of aliphatic imine (C=N–C) groups is 1. The fourth-order valence-electron chi connectivity index (χ4n) is 2.62. The molecule has 3 aromatic rings. The third-order valence-corrected chi connectivity index (χ3v) is 4.36. The molecule has 7 heteroatoms. The molecule has 1 aromatic heterocycles. The quantitative estimate of drug-likeness (QED) is 0.483. The number of hydrogen-bond donors (Lipinski definition) is 2. The Hall–Kier alpha value is -3.38. The van der Waals surface area contributed by atoms with Crippen molar-refractivity contribution in [3.05, 3.63) is 88.7 Å². The second-order valence-electron chi connectivity index (χ2n) is 6.32. The number of carbonyl (C=O) groups is 1. The number of ether oxygens (including phenoxy) is 1. The number of amides is 1. The van der Waals surface area contributed by atoms with Gasteiger partial charge in [-0.3, -0.25) is 15.1 Å². The summed E-state index contributed by atoms with van der Waals surface area (Å²) in [6.07, 6.45) is 3.43. The van der Waals surface area contributed by atoms with Gasteiger partial charge in [0.1, 0.15) is 5.75 Å². The summed E-state index contributed by atoms with van der Waals surface area (Å²) in [6, 6.07) is 16.4. The van der Waals surface area contributed by atoms with Crippen molar-refractivity contribution in [1.82, 2.24) is 10.3 Å². The van der Waals surface area contributed by atoms with Crippen molar-refractivity contribution in [2.24, 2.45) is 4.99 Å². The van der Waals surface area contributed by atoms with Crippen LogP contribution in [0.25, 0.3) is 0 Å². The minimum atomic E-state index is -0.259. The van der Waals surface area contributed by atoms with E-state index < -0.39 is 0 Å².